The number of nitrogens with one attached hydrogen (secondary N) is 1. The normalized spacial score (nSPS) is 11.3. The van der Waals surface area contributed by atoms with Crippen molar-refractivity contribution in [2.75, 3.05) is 29.4 Å². The predicted molar refractivity (Wildman–Crippen MR) is 140 cm³/mol. The molecular weight excluding hydrogens is 491 g/mol. The Morgan fingerprint density at radius 3 is 2.29 bits per heavy atom. The smallest absolute Gasteiger partial charge is 0.264 e. The average molecular weight is 519 g/mol. The van der Waals surface area contributed by atoms with Crippen LogP contribution in [0.5, 0.6) is 0 Å². The molecule has 0 radical (unpaired) electrons. The molecule has 180 valence electrons. The molecule has 1 amide bonds. The molecule has 0 spiro atoms. The van der Waals surface area contributed by atoms with Crippen LogP contribution in [0.25, 0.3) is 0 Å². The zero-order chi connectivity index (χ0) is 24.6. The fourth-order valence-electron chi connectivity index (χ4n) is 3.28. The van der Waals surface area contributed by atoms with E-state index in [0.717, 1.165) is 4.90 Å². The van der Waals surface area contributed by atoms with Gasteiger partial charge in [-0.05, 0) is 73.3 Å². The Bertz CT molecular complexity index is 1200. The Balaban J connectivity index is 1.57. The van der Waals surface area contributed by atoms with Gasteiger partial charge in [0.2, 0.25) is 0 Å². The van der Waals surface area contributed by atoms with E-state index in [1.807, 2.05) is 6.26 Å². The van der Waals surface area contributed by atoms with Crippen molar-refractivity contribution in [3.05, 3.63) is 89.7 Å². The molecule has 3 rings (SSSR count). The predicted octanol–water partition coefficient (Wildman–Crippen LogP) is 5.43. The zero-order valence-electron chi connectivity index (χ0n) is 19.0. The third-order valence-electron chi connectivity index (χ3n) is 5.10. The van der Waals surface area contributed by atoms with Gasteiger partial charge in [0.05, 0.1) is 10.6 Å². The quantitative estimate of drug-likeness (QED) is 0.271. The van der Waals surface area contributed by atoms with E-state index in [2.05, 4.69) is 5.32 Å². The molecular formula is C25H27FN2O3S3. The summed E-state index contributed by atoms with van der Waals surface area (Å²) in [4.78, 5) is 13.7. The maximum atomic E-state index is 13.6. The maximum absolute atomic E-state index is 13.6. The topological polar surface area (TPSA) is 66.5 Å². The number of carbonyl (C=O) groups is 1. The molecule has 3 aromatic carbocycles. The molecule has 0 aliphatic carbocycles. The molecule has 9 heteroatoms. The second-order valence-electron chi connectivity index (χ2n) is 7.29. The molecule has 0 aliphatic rings. The minimum Gasteiger partial charge on any atom is -0.351 e. The van der Waals surface area contributed by atoms with Crippen molar-refractivity contribution in [3.63, 3.8) is 0 Å². The lowest BCUT2D eigenvalue weighted by Crippen LogP contribution is -2.31. The summed E-state index contributed by atoms with van der Waals surface area (Å²) in [5.74, 6) is 0.726. The highest BCUT2D eigenvalue weighted by Crippen LogP contribution is 2.25. The molecule has 5 nitrogen and oxygen atoms in total. The Morgan fingerprint density at radius 1 is 1.00 bits per heavy atom. The molecule has 0 atom stereocenters. The summed E-state index contributed by atoms with van der Waals surface area (Å²) < 4.78 is 41.2. The summed E-state index contributed by atoms with van der Waals surface area (Å²) in [5.41, 5.74) is 1.58. The van der Waals surface area contributed by atoms with Gasteiger partial charge in [-0.2, -0.15) is 11.8 Å². The number of benzene rings is 3. The Kier molecular flexibility index (Phi) is 9.44. The molecule has 0 saturated heterocycles. The van der Waals surface area contributed by atoms with Gasteiger partial charge in [-0.25, -0.2) is 12.8 Å². The standard InChI is InChI=1S/C25H27FN2O3S3/c1-3-28(34(30,31)23-14-12-22(32-2)13-15-23)21-10-8-19(9-11-21)25(29)27-16-17-33-18-20-6-4-5-7-24(20)26/h4-15H,3,16-18H2,1-2H3,(H,27,29). The number of hydrogen-bond donors (Lipinski definition) is 1. The van der Waals surface area contributed by atoms with Gasteiger partial charge in [0, 0.05) is 35.1 Å². The third-order valence-corrected chi connectivity index (χ3v) is 8.77. The number of thioether (sulfide) groups is 2. The van der Waals surface area contributed by atoms with Gasteiger partial charge in [-0.15, -0.1) is 11.8 Å². The second kappa shape index (κ2) is 12.3. The fraction of sp³-hybridized carbons (Fsp3) is 0.240. The molecule has 0 aromatic heterocycles. The van der Waals surface area contributed by atoms with Gasteiger partial charge in [0.1, 0.15) is 5.82 Å². The van der Waals surface area contributed by atoms with E-state index < -0.39 is 10.0 Å². The number of sulfonamides is 1. The molecule has 0 aliphatic heterocycles. The van der Waals surface area contributed by atoms with Crippen LogP contribution in [0.4, 0.5) is 10.1 Å². The van der Waals surface area contributed by atoms with Crippen LogP contribution in [0.3, 0.4) is 0 Å². The zero-order valence-corrected chi connectivity index (χ0v) is 21.5. The summed E-state index contributed by atoms with van der Waals surface area (Å²) in [5, 5.41) is 2.84. The Labute approximate surface area is 209 Å². The van der Waals surface area contributed by atoms with E-state index in [1.165, 1.54) is 10.4 Å². The van der Waals surface area contributed by atoms with Crippen molar-refractivity contribution < 1.29 is 17.6 Å². The van der Waals surface area contributed by atoms with Gasteiger partial charge in [-0.3, -0.25) is 9.10 Å². The van der Waals surface area contributed by atoms with Crippen LogP contribution in [0.15, 0.2) is 82.6 Å². The second-order valence-corrected chi connectivity index (χ2v) is 11.1. The summed E-state index contributed by atoms with van der Waals surface area (Å²) in [6.07, 6.45) is 1.93. The minimum absolute atomic E-state index is 0.223. The van der Waals surface area contributed by atoms with Crippen LogP contribution in [-0.2, 0) is 15.8 Å². The molecule has 0 fully saturated rings. The number of rotatable bonds is 11. The van der Waals surface area contributed by atoms with Crippen molar-refractivity contribution in [2.24, 2.45) is 0 Å². The number of carbonyl (C=O) groups excluding carboxylic acids is 1. The highest BCUT2D eigenvalue weighted by Gasteiger charge is 2.23. The van der Waals surface area contributed by atoms with Crippen molar-refractivity contribution in [3.8, 4) is 0 Å². The lowest BCUT2D eigenvalue weighted by Gasteiger charge is -2.23. The van der Waals surface area contributed by atoms with Crippen LogP contribution in [-0.4, -0.2) is 39.4 Å². The van der Waals surface area contributed by atoms with Gasteiger partial charge in [-0.1, -0.05) is 18.2 Å². The Morgan fingerprint density at radius 2 is 1.68 bits per heavy atom. The highest BCUT2D eigenvalue weighted by atomic mass is 32.2. The SMILES string of the molecule is CCN(c1ccc(C(=O)NCCSCc2ccccc2F)cc1)S(=O)(=O)c1ccc(SC)cc1. The van der Waals surface area contributed by atoms with Crippen molar-refractivity contribution >= 4 is 45.1 Å². The van der Waals surface area contributed by atoms with Crippen LogP contribution >= 0.6 is 23.5 Å². The largest absolute Gasteiger partial charge is 0.351 e. The highest BCUT2D eigenvalue weighted by molar-refractivity contribution is 7.98. The van der Waals surface area contributed by atoms with Crippen molar-refractivity contribution in [2.45, 2.75) is 22.5 Å². The maximum Gasteiger partial charge on any atom is 0.264 e. The number of anilines is 1. The number of nitrogens with zero attached hydrogens (tertiary/aromatic N) is 1. The molecule has 0 saturated carbocycles. The first-order valence-corrected chi connectivity index (χ1v) is 14.5. The Hall–Kier alpha value is -2.49. The third kappa shape index (κ3) is 6.55. The molecule has 34 heavy (non-hydrogen) atoms. The van der Waals surface area contributed by atoms with Crippen LogP contribution in [0.1, 0.15) is 22.8 Å². The van der Waals surface area contributed by atoms with Crippen LogP contribution < -0.4 is 9.62 Å². The van der Waals surface area contributed by atoms with Gasteiger partial charge < -0.3 is 5.32 Å². The van der Waals surface area contributed by atoms with Crippen molar-refractivity contribution in [1.29, 1.82) is 0 Å². The first-order chi connectivity index (χ1) is 16.4. The summed E-state index contributed by atoms with van der Waals surface area (Å²) in [7, 11) is -3.71. The van der Waals surface area contributed by atoms with E-state index in [-0.39, 0.29) is 23.2 Å². The van der Waals surface area contributed by atoms with E-state index in [0.29, 0.717) is 34.9 Å². The van der Waals surface area contributed by atoms with E-state index >= 15 is 0 Å². The van der Waals surface area contributed by atoms with Gasteiger partial charge in [0.25, 0.3) is 15.9 Å². The molecule has 3 aromatic rings. The lowest BCUT2D eigenvalue weighted by atomic mass is 10.2. The minimum atomic E-state index is -3.71. The van der Waals surface area contributed by atoms with Crippen LogP contribution in [0.2, 0.25) is 0 Å². The number of hydrogen-bond acceptors (Lipinski definition) is 5. The fourth-order valence-corrected chi connectivity index (χ4v) is 6.01. The first-order valence-electron chi connectivity index (χ1n) is 10.7. The van der Waals surface area contributed by atoms with E-state index in [4.69, 9.17) is 0 Å². The number of amides is 1. The first kappa shape index (κ1) is 26.1. The summed E-state index contributed by atoms with van der Waals surface area (Å²) >= 11 is 3.09. The van der Waals surface area contributed by atoms with E-state index in [9.17, 15) is 17.6 Å². The summed E-state index contributed by atoms with van der Waals surface area (Å²) in [6.45, 7) is 2.48. The monoisotopic (exact) mass is 518 g/mol. The molecule has 0 unspecified atom stereocenters. The molecule has 0 bridgehead atoms. The van der Waals surface area contributed by atoms with Crippen LogP contribution in [0, 0.1) is 5.82 Å². The van der Waals surface area contributed by atoms with Gasteiger partial charge >= 0.3 is 0 Å². The van der Waals surface area contributed by atoms with E-state index in [1.54, 1.807) is 97.2 Å². The molecule has 1 N–H and O–H groups in total. The summed E-state index contributed by atoms with van der Waals surface area (Å²) in [6, 6.07) is 19.9. The molecule has 0 heterocycles. The van der Waals surface area contributed by atoms with Gasteiger partial charge in [0.15, 0.2) is 0 Å². The number of halogens is 1. The average Bonchev–Trinajstić information content (AvgIpc) is 2.85. The lowest BCUT2D eigenvalue weighted by molar-refractivity contribution is 0.0956. The van der Waals surface area contributed by atoms with Crippen molar-refractivity contribution in [1.82, 2.24) is 5.32 Å².